The van der Waals surface area contributed by atoms with Crippen molar-refractivity contribution in [2.45, 2.75) is 71.1 Å². The van der Waals surface area contributed by atoms with Gasteiger partial charge in [-0.15, -0.1) is 0 Å². The fourth-order valence-corrected chi connectivity index (χ4v) is 4.63. The molecule has 31 heavy (non-hydrogen) atoms. The quantitative estimate of drug-likeness (QED) is 0.789. The Labute approximate surface area is 183 Å². The Morgan fingerprint density at radius 3 is 2.58 bits per heavy atom. The molecule has 0 bridgehead atoms. The van der Waals surface area contributed by atoms with Crippen LogP contribution in [0.25, 0.3) is 0 Å². The first-order valence-electron chi connectivity index (χ1n) is 10.9. The van der Waals surface area contributed by atoms with Crippen LogP contribution in [0.5, 0.6) is 0 Å². The molecule has 2 aliphatic heterocycles. The second kappa shape index (κ2) is 8.11. The number of likely N-dealkylation sites (tertiary alicyclic amines) is 1. The molecule has 1 saturated heterocycles. The van der Waals surface area contributed by atoms with Gasteiger partial charge in [-0.3, -0.25) is 4.79 Å². The van der Waals surface area contributed by atoms with Crippen LogP contribution in [0.2, 0.25) is 0 Å². The number of oxime groups is 1. The zero-order chi connectivity index (χ0) is 22.3. The number of amides is 1. The van der Waals surface area contributed by atoms with Gasteiger partial charge in [-0.1, -0.05) is 54.0 Å². The molecule has 0 radical (unpaired) electrons. The van der Waals surface area contributed by atoms with E-state index < -0.39 is 17.6 Å². The minimum atomic E-state index is -0.591. The lowest BCUT2D eigenvalue weighted by Crippen LogP contribution is -2.44. The molecule has 1 aromatic heterocycles. The van der Waals surface area contributed by atoms with E-state index >= 15 is 0 Å². The maximum Gasteiger partial charge on any atom is 0.234 e. The number of hydrogen-bond acceptors (Lipinski definition) is 6. The number of aromatic nitrogens is 1. The molecule has 4 rings (SSSR count). The number of hydrogen-bond donors (Lipinski definition) is 1. The average Bonchev–Trinajstić information content (AvgIpc) is 3.41. The maximum absolute atomic E-state index is 13.6. The molecular formula is C24H31N3O4. The number of aryl methyl sites for hydroxylation is 2. The van der Waals surface area contributed by atoms with Crippen molar-refractivity contribution in [1.29, 1.82) is 0 Å². The fourth-order valence-electron chi connectivity index (χ4n) is 4.63. The highest BCUT2D eigenvalue weighted by atomic mass is 16.7. The number of carbonyl (C=O) groups is 1. The van der Waals surface area contributed by atoms with Gasteiger partial charge in [0.15, 0.2) is 5.60 Å². The molecule has 0 spiro atoms. The summed E-state index contributed by atoms with van der Waals surface area (Å²) in [5, 5.41) is 18.8. The lowest BCUT2D eigenvalue weighted by Gasteiger charge is -2.29. The van der Waals surface area contributed by atoms with Gasteiger partial charge in [0.05, 0.1) is 23.6 Å². The molecule has 7 heteroatoms. The van der Waals surface area contributed by atoms with E-state index in [4.69, 9.17) is 9.36 Å². The van der Waals surface area contributed by atoms with Gasteiger partial charge >= 0.3 is 0 Å². The largest absolute Gasteiger partial charge is 0.391 e. The van der Waals surface area contributed by atoms with Crippen molar-refractivity contribution in [1.82, 2.24) is 10.1 Å². The Hall–Kier alpha value is -2.67. The van der Waals surface area contributed by atoms with Crippen LogP contribution in [-0.4, -0.2) is 45.5 Å². The number of benzene rings is 1. The van der Waals surface area contributed by atoms with E-state index in [1.165, 1.54) is 5.56 Å². The van der Waals surface area contributed by atoms with Crippen molar-refractivity contribution in [2.75, 3.05) is 6.54 Å². The van der Waals surface area contributed by atoms with Crippen molar-refractivity contribution >= 4 is 11.6 Å². The summed E-state index contributed by atoms with van der Waals surface area (Å²) in [4.78, 5) is 21.2. The first kappa shape index (κ1) is 21.6. The Kier molecular flexibility index (Phi) is 5.64. The first-order valence-corrected chi connectivity index (χ1v) is 10.9. The van der Waals surface area contributed by atoms with E-state index in [0.717, 1.165) is 17.0 Å². The van der Waals surface area contributed by atoms with E-state index in [9.17, 15) is 9.90 Å². The SMILES string of the molecule is Cc1ccc([C@]2(C)CC([C@@H]3C[C@@H](O)CN3C(=O)[C@@H](c3cc(C)no3)C(C)C)=NO2)cc1. The Bertz CT molecular complexity index is 981. The summed E-state index contributed by atoms with van der Waals surface area (Å²) in [6.07, 6.45) is 0.440. The summed E-state index contributed by atoms with van der Waals surface area (Å²) >= 11 is 0. The van der Waals surface area contributed by atoms with Crippen LogP contribution in [0.3, 0.4) is 0 Å². The molecule has 0 aliphatic carbocycles. The monoisotopic (exact) mass is 425 g/mol. The second-order valence-electron chi connectivity index (χ2n) is 9.44. The zero-order valence-electron chi connectivity index (χ0n) is 18.8. The zero-order valence-corrected chi connectivity index (χ0v) is 18.8. The molecule has 1 N–H and O–H groups in total. The van der Waals surface area contributed by atoms with Crippen LogP contribution >= 0.6 is 0 Å². The van der Waals surface area contributed by atoms with Gasteiger partial charge in [0.2, 0.25) is 5.91 Å². The Morgan fingerprint density at radius 1 is 1.26 bits per heavy atom. The number of β-amino-alcohol motifs (C(OH)–C–C–N with tert-alkyl or cyclic N) is 1. The number of rotatable bonds is 5. The van der Waals surface area contributed by atoms with E-state index in [-0.39, 0.29) is 24.4 Å². The molecule has 3 heterocycles. The van der Waals surface area contributed by atoms with Gasteiger partial charge in [0, 0.05) is 25.5 Å². The third kappa shape index (κ3) is 4.11. The summed E-state index contributed by atoms with van der Waals surface area (Å²) in [6.45, 7) is 10.2. The van der Waals surface area contributed by atoms with Crippen LogP contribution in [0, 0.1) is 19.8 Å². The van der Waals surface area contributed by atoms with Crippen LogP contribution in [-0.2, 0) is 15.2 Å². The van der Waals surface area contributed by atoms with Gasteiger partial charge in [-0.25, -0.2) is 0 Å². The molecule has 4 atom stereocenters. The number of nitrogens with zero attached hydrogens (tertiary/aromatic N) is 3. The highest BCUT2D eigenvalue weighted by Gasteiger charge is 2.46. The van der Waals surface area contributed by atoms with Crippen molar-refractivity contribution in [3.05, 3.63) is 52.9 Å². The Balaban J connectivity index is 1.57. The van der Waals surface area contributed by atoms with Crippen molar-refractivity contribution in [3.63, 3.8) is 0 Å². The van der Waals surface area contributed by atoms with Crippen LogP contribution < -0.4 is 0 Å². The third-order valence-electron chi connectivity index (χ3n) is 6.38. The van der Waals surface area contributed by atoms with E-state index in [1.807, 2.05) is 40.7 Å². The van der Waals surface area contributed by atoms with Crippen molar-refractivity contribution in [2.24, 2.45) is 11.1 Å². The van der Waals surface area contributed by atoms with Crippen LogP contribution in [0.15, 0.2) is 40.0 Å². The van der Waals surface area contributed by atoms with E-state index in [2.05, 4.69) is 34.6 Å². The summed E-state index contributed by atoms with van der Waals surface area (Å²) in [5.41, 5.74) is 3.19. The number of aliphatic hydroxyl groups excluding tert-OH is 1. The number of aliphatic hydroxyl groups is 1. The summed E-state index contributed by atoms with van der Waals surface area (Å²) in [5.74, 6) is 0.0596. The van der Waals surface area contributed by atoms with Crippen LogP contribution in [0.4, 0.5) is 0 Å². The average molecular weight is 426 g/mol. The summed E-state index contributed by atoms with van der Waals surface area (Å²) < 4.78 is 5.44. The predicted octanol–water partition coefficient (Wildman–Crippen LogP) is 3.68. The van der Waals surface area contributed by atoms with Gasteiger partial charge in [-0.05, 0) is 32.3 Å². The normalized spacial score (nSPS) is 26.8. The molecule has 7 nitrogen and oxygen atoms in total. The standard InChI is InChI=1S/C24H31N3O4/c1-14(2)22(21-10-16(4)25-30-21)23(29)27-13-18(28)11-20(27)19-12-24(5,31-26-19)17-8-6-15(3)7-9-17/h6-10,14,18,20,22,28H,11-13H2,1-5H3/t18-,20+,22-,24+/m1/s1. The predicted molar refractivity (Wildman–Crippen MR) is 117 cm³/mol. The highest BCUT2D eigenvalue weighted by Crippen LogP contribution is 2.39. The smallest absolute Gasteiger partial charge is 0.234 e. The minimum Gasteiger partial charge on any atom is -0.391 e. The van der Waals surface area contributed by atoms with Gasteiger partial charge in [-0.2, -0.15) is 0 Å². The topological polar surface area (TPSA) is 88.2 Å². The minimum absolute atomic E-state index is 0.0258. The molecule has 1 aromatic carbocycles. The van der Waals surface area contributed by atoms with Crippen LogP contribution in [0.1, 0.15) is 62.1 Å². The molecule has 2 aromatic rings. The molecule has 0 unspecified atom stereocenters. The van der Waals surface area contributed by atoms with Gasteiger partial charge in [0.1, 0.15) is 11.7 Å². The number of carbonyl (C=O) groups excluding carboxylic acids is 1. The van der Waals surface area contributed by atoms with Crippen molar-refractivity contribution in [3.8, 4) is 0 Å². The molecule has 2 aliphatic rings. The molecular weight excluding hydrogens is 394 g/mol. The first-order chi connectivity index (χ1) is 14.7. The molecule has 166 valence electrons. The second-order valence-corrected chi connectivity index (χ2v) is 9.44. The lowest BCUT2D eigenvalue weighted by molar-refractivity contribution is -0.134. The lowest BCUT2D eigenvalue weighted by atomic mass is 9.87. The van der Waals surface area contributed by atoms with Crippen molar-refractivity contribution < 1.29 is 19.3 Å². The third-order valence-corrected chi connectivity index (χ3v) is 6.38. The Morgan fingerprint density at radius 2 is 1.97 bits per heavy atom. The molecule has 1 amide bonds. The fraction of sp³-hybridized carbons (Fsp3) is 0.542. The van der Waals surface area contributed by atoms with Gasteiger partial charge < -0.3 is 19.4 Å². The summed E-state index contributed by atoms with van der Waals surface area (Å²) in [7, 11) is 0. The summed E-state index contributed by atoms with van der Waals surface area (Å²) in [6, 6.07) is 9.75. The highest BCUT2D eigenvalue weighted by molar-refractivity contribution is 5.96. The van der Waals surface area contributed by atoms with E-state index in [0.29, 0.717) is 18.6 Å². The van der Waals surface area contributed by atoms with E-state index in [1.54, 1.807) is 4.90 Å². The molecule has 1 fully saturated rings. The maximum atomic E-state index is 13.6. The molecule has 0 saturated carbocycles. The van der Waals surface area contributed by atoms with Gasteiger partial charge in [0.25, 0.3) is 0 Å².